The third-order valence-electron chi connectivity index (χ3n) is 2.50. The predicted molar refractivity (Wildman–Crippen MR) is 69.7 cm³/mol. The minimum atomic E-state index is -0.268. The molecule has 0 fully saturated rings. The van der Waals surface area contributed by atoms with Gasteiger partial charge in [-0.05, 0) is 25.0 Å². The Morgan fingerprint density at radius 3 is 2.94 bits per heavy atom. The number of hydrogen-bond acceptors (Lipinski definition) is 4. The molecule has 0 heterocycles. The number of benzene rings is 1. The largest absolute Gasteiger partial charge is 0.507 e. The lowest BCUT2D eigenvalue weighted by Gasteiger charge is -2.08. The number of carbonyl (C=O) groups is 1. The summed E-state index contributed by atoms with van der Waals surface area (Å²) < 4.78 is 5.19. The van der Waals surface area contributed by atoms with Crippen LogP contribution in [0.1, 0.15) is 22.3 Å². The number of nitrogens with two attached hydrogens (primary N) is 1. The van der Waals surface area contributed by atoms with Crippen LogP contribution in [-0.4, -0.2) is 37.3 Å². The van der Waals surface area contributed by atoms with Crippen LogP contribution in [0, 0.1) is 6.92 Å². The summed E-state index contributed by atoms with van der Waals surface area (Å²) in [5.74, 6) is -0.232. The van der Waals surface area contributed by atoms with Crippen LogP contribution < -0.4 is 11.1 Å². The molecule has 5 heteroatoms. The van der Waals surface area contributed by atoms with Gasteiger partial charge in [-0.25, -0.2) is 0 Å². The first kappa shape index (κ1) is 14.5. The maximum absolute atomic E-state index is 11.8. The summed E-state index contributed by atoms with van der Waals surface area (Å²) in [4.78, 5) is 11.8. The molecule has 0 saturated heterocycles. The summed E-state index contributed by atoms with van der Waals surface area (Å²) >= 11 is 0. The molecule has 1 rings (SSSR count). The number of phenolic OH excluding ortho intramolecular Hbond substituents is 1. The number of nitrogens with one attached hydrogen (secondary N) is 1. The van der Waals surface area contributed by atoms with Crippen molar-refractivity contribution >= 4 is 5.91 Å². The second-order valence-corrected chi connectivity index (χ2v) is 3.98. The van der Waals surface area contributed by atoms with Crippen LogP contribution in [0.3, 0.4) is 0 Å². The monoisotopic (exact) mass is 252 g/mol. The molecule has 1 amide bonds. The first-order chi connectivity index (χ1) is 8.66. The van der Waals surface area contributed by atoms with Crippen molar-refractivity contribution in [3.63, 3.8) is 0 Å². The zero-order valence-electron chi connectivity index (χ0n) is 10.6. The second kappa shape index (κ2) is 7.68. The molecular weight excluding hydrogens is 232 g/mol. The van der Waals surface area contributed by atoms with Crippen LogP contribution in [-0.2, 0) is 4.74 Å². The highest BCUT2D eigenvalue weighted by molar-refractivity contribution is 5.97. The molecule has 0 bridgehead atoms. The maximum atomic E-state index is 11.8. The number of phenols is 1. The Labute approximate surface area is 107 Å². The van der Waals surface area contributed by atoms with Crippen LogP contribution >= 0.6 is 0 Å². The van der Waals surface area contributed by atoms with Crippen molar-refractivity contribution in [1.82, 2.24) is 5.32 Å². The van der Waals surface area contributed by atoms with E-state index >= 15 is 0 Å². The first-order valence-electron chi connectivity index (χ1n) is 6.01. The molecule has 5 nitrogen and oxygen atoms in total. The number of rotatable bonds is 7. The van der Waals surface area contributed by atoms with E-state index in [1.165, 1.54) is 0 Å². The fourth-order valence-electron chi connectivity index (χ4n) is 1.50. The van der Waals surface area contributed by atoms with Crippen molar-refractivity contribution in [2.45, 2.75) is 13.3 Å². The predicted octanol–water partition coefficient (Wildman–Crippen LogP) is 0.796. The van der Waals surface area contributed by atoms with Crippen LogP contribution in [0.4, 0.5) is 0 Å². The summed E-state index contributed by atoms with van der Waals surface area (Å²) in [5.41, 5.74) is 6.27. The zero-order valence-corrected chi connectivity index (χ0v) is 10.6. The Bertz CT molecular complexity index is 394. The van der Waals surface area contributed by atoms with Gasteiger partial charge in [0.15, 0.2) is 0 Å². The molecule has 0 aliphatic carbocycles. The van der Waals surface area contributed by atoms with E-state index < -0.39 is 0 Å². The van der Waals surface area contributed by atoms with Gasteiger partial charge in [-0.3, -0.25) is 4.79 Å². The van der Waals surface area contributed by atoms with E-state index in [-0.39, 0.29) is 11.7 Å². The minimum Gasteiger partial charge on any atom is -0.507 e. The minimum absolute atomic E-state index is 0.0365. The lowest BCUT2D eigenvalue weighted by atomic mass is 10.1. The van der Waals surface area contributed by atoms with Gasteiger partial charge in [0, 0.05) is 19.7 Å². The molecule has 0 unspecified atom stereocenters. The van der Waals surface area contributed by atoms with Crippen LogP contribution in [0.5, 0.6) is 5.75 Å². The summed E-state index contributed by atoms with van der Waals surface area (Å²) in [6, 6.07) is 5.10. The van der Waals surface area contributed by atoms with E-state index in [1.807, 2.05) is 0 Å². The molecule has 100 valence electrons. The van der Waals surface area contributed by atoms with Gasteiger partial charge in [-0.15, -0.1) is 0 Å². The second-order valence-electron chi connectivity index (χ2n) is 3.98. The Hall–Kier alpha value is -1.59. The average molecular weight is 252 g/mol. The molecule has 0 atom stereocenters. The van der Waals surface area contributed by atoms with Crippen LogP contribution in [0.2, 0.25) is 0 Å². The Morgan fingerprint density at radius 1 is 1.44 bits per heavy atom. The SMILES string of the molecule is Cc1cccc(C(=O)NCCCOCCN)c1O. The molecule has 0 spiro atoms. The lowest BCUT2D eigenvalue weighted by molar-refractivity contribution is 0.0940. The van der Waals surface area contributed by atoms with Crippen LogP contribution in [0.15, 0.2) is 18.2 Å². The lowest BCUT2D eigenvalue weighted by Crippen LogP contribution is -2.25. The van der Waals surface area contributed by atoms with Crippen LogP contribution in [0.25, 0.3) is 0 Å². The number of carbonyl (C=O) groups excluding carboxylic acids is 1. The molecule has 1 aromatic rings. The van der Waals surface area contributed by atoms with Gasteiger partial charge in [0.1, 0.15) is 5.75 Å². The number of ether oxygens (including phenoxy) is 1. The van der Waals surface area contributed by atoms with Crippen molar-refractivity contribution in [3.8, 4) is 5.75 Å². The zero-order chi connectivity index (χ0) is 13.4. The van der Waals surface area contributed by atoms with Gasteiger partial charge < -0.3 is 20.9 Å². The normalized spacial score (nSPS) is 10.3. The number of hydrogen-bond donors (Lipinski definition) is 3. The number of aryl methyl sites for hydroxylation is 1. The summed E-state index contributed by atoms with van der Waals surface area (Å²) in [6.07, 6.45) is 0.721. The molecular formula is C13H20N2O3. The molecule has 0 radical (unpaired) electrons. The third-order valence-corrected chi connectivity index (χ3v) is 2.50. The van der Waals surface area contributed by atoms with Gasteiger partial charge in [0.25, 0.3) is 5.91 Å². The van der Waals surface area contributed by atoms with Gasteiger partial charge >= 0.3 is 0 Å². The topological polar surface area (TPSA) is 84.6 Å². The third kappa shape index (κ3) is 4.35. The summed E-state index contributed by atoms with van der Waals surface area (Å²) in [7, 11) is 0. The average Bonchev–Trinajstić information content (AvgIpc) is 2.36. The molecule has 18 heavy (non-hydrogen) atoms. The highest BCUT2D eigenvalue weighted by Crippen LogP contribution is 2.20. The van der Waals surface area contributed by atoms with Gasteiger partial charge in [-0.2, -0.15) is 0 Å². The van der Waals surface area contributed by atoms with E-state index in [4.69, 9.17) is 10.5 Å². The Balaban J connectivity index is 2.35. The quantitative estimate of drug-likeness (QED) is 0.627. The molecule has 0 saturated carbocycles. The van der Waals surface area contributed by atoms with Gasteiger partial charge in [-0.1, -0.05) is 12.1 Å². The number of para-hydroxylation sites is 1. The molecule has 0 aliphatic rings. The van der Waals surface area contributed by atoms with Gasteiger partial charge in [0.05, 0.1) is 12.2 Å². The maximum Gasteiger partial charge on any atom is 0.255 e. The molecule has 1 aromatic carbocycles. The fraction of sp³-hybridized carbons (Fsp3) is 0.462. The smallest absolute Gasteiger partial charge is 0.255 e. The van der Waals surface area contributed by atoms with E-state index in [0.717, 1.165) is 6.42 Å². The molecule has 0 aliphatic heterocycles. The van der Waals surface area contributed by atoms with Crippen molar-refractivity contribution in [1.29, 1.82) is 0 Å². The number of aromatic hydroxyl groups is 1. The fourth-order valence-corrected chi connectivity index (χ4v) is 1.50. The van der Waals surface area contributed by atoms with Crippen molar-refractivity contribution in [2.75, 3.05) is 26.3 Å². The Morgan fingerprint density at radius 2 is 2.22 bits per heavy atom. The highest BCUT2D eigenvalue weighted by Gasteiger charge is 2.11. The summed E-state index contributed by atoms with van der Waals surface area (Å²) in [6.45, 7) is 3.87. The highest BCUT2D eigenvalue weighted by atomic mass is 16.5. The molecule has 0 aromatic heterocycles. The van der Waals surface area contributed by atoms with Crippen molar-refractivity contribution in [3.05, 3.63) is 29.3 Å². The van der Waals surface area contributed by atoms with E-state index in [9.17, 15) is 9.90 Å². The molecule has 4 N–H and O–H groups in total. The van der Waals surface area contributed by atoms with E-state index in [2.05, 4.69) is 5.32 Å². The van der Waals surface area contributed by atoms with Gasteiger partial charge in [0.2, 0.25) is 0 Å². The van der Waals surface area contributed by atoms with E-state index in [0.29, 0.717) is 37.4 Å². The standard InChI is InChI=1S/C13H20N2O3/c1-10-4-2-5-11(12(10)16)13(17)15-7-3-8-18-9-6-14/h2,4-5,16H,3,6-9,14H2,1H3,(H,15,17). The summed E-state index contributed by atoms with van der Waals surface area (Å²) in [5, 5.41) is 12.5. The number of amides is 1. The van der Waals surface area contributed by atoms with E-state index in [1.54, 1.807) is 25.1 Å². The first-order valence-corrected chi connectivity index (χ1v) is 6.01. The van der Waals surface area contributed by atoms with Crippen molar-refractivity contribution < 1.29 is 14.6 Å². The van der Waals surface area contributed by atoms with Crippen molar-refractivity contribution in [2.24, 2.45) is 5.73 Å². The Kier molecular flexibility index (Phi) is 6.18.